The molecule has 1 heterocycles. The molecule has 1 aliphatic carbocycles. The summed E-state index contributed by atoms with van der Waals surface area (Å²) in [5, 5.41) is 6.55. The summed E-state index contributed by atoms with van der Waals surface area (Å²) in [4.78, 5) is 20.7. The summed E-state index contributed by atoms with van der Waals surface area (Å²) >= 11 is 0. The molecule has 0 unspecified atom stereocenters. The predicted octanol–water partition coefficient (Wildman–Crippen LogP) is 1.98. The van der Waals surface area contributed by atoms with Crippen molar-refractivity contribution in [3.63, 3.8) is 0 Å². The quantitative estimate of drug-likeness (QED) is 0.545. The van der Waals surface area contributed by atoms with Crippen LogP contribution >= 0.6 is 0 Å². The summed E-state index contributed by atoms with van der Waals surface area (Å²) in [6.45, 7) is 3.67. The van der Waals surface area contributed by atoms with Crippen LogP contribution in [-0.4, -0.2) is 70.8 Å². The number of anilines is 1. The summed E-state index contributed by atoms with van der Waals surface area (Å²) in [6.07, 6.45) is 3.93. The summed E-state index contributed by atoms with van der Waals surface area (Å²) in [7, 11) is 5.32. The van der Waals surface area contributed by atoms with Crippen molar-refractivity contribution < 1.29 is 13.9 Å². The second kappa shape index (κ2) is 10.1. The van der Waals surface area contributed by atoms with E-state index in [0.717, 1.165) is 31.2 Å². The van der Waals surface area contributed by atoms with Gasteiger partial charge in [-0.3, -0.25) is 9.79 Å². The molecule has 8 heteroatoms. The third-order valence-corrected chi connectivity index (χ3v) is 6.06. The van der Waals surface area contributed by atoms with Crippen LogP contribution in [0.5, 0.6) is 0 Å². The number of rotatable bonds is 6. The van der Waals surface area contributed by atoms with Crippen LogP contribution in [0.25, 0.3) is 0 Å². The van der Waals surface area contributed by atoms with Crippen LogP contribution < -0.4 is 15.5 Å². The Morgan fingerprint density at radius 3 is 2.53 bits per heavy atom. The Kier molecular flexibility index (Phi) is 7.53. The van der Waals surface area contributed by atoms with Gasteiger partial charge in [0.2, 0.25) is 5.91 Å². The maximum absolute atomic E-state index is 14.6. The van der Waals surface area contributed by atoms with Gasteiger partial charge in [0.05, 0.1) is 24.3 Å². The number of aliphatic imine (C=N–C) groups is 1. The van der Waals surface area contributed by atoms with Crippen molar-refractivity contribution in [1.82, 2.24) is 15.5 Å². The zero-order valence-corrected chi connectivity index (χ0v) is 18.3. The molecule has 1 amide bonds. The molecule has 1 aromatic rings. The molecule has 0 radical (unpaired) electrons. The van der Waals surface area contributed by atoms with Crippen molar-refractivity contribution >= 4 is 17.6 Å². The van der Waals surface area contributed by atoms with E-state index in [0.29, 0.717) is 51.0 Å². The fourth-order valence-electron chi connectivity index (χ4n) is 4.37. The Hall–Kier alpha value is -2.35. The first-order valence-corrected chi connectivity index (χ1v) is 10.7. The van der Waals surface area contributed by atoms with Crippen molar-refractivity contribution in [3.05, 3.63) is 29.6 Å². The number of benzene rings is 1. The van der Waals surface area contributed by atoms with Gasteiger partial charge in [-0.05, 0) is 30.5 Å². The van der Waals surface area contributed by atoms with Gasteiger partial charge in [-0.2, -0.15) is 0 Å². The number of nitrogens with zero attached hydrogens (tertiary/aromatic N) is 3. The molecule has 1 saturated heterocycles. The molecular formula is C22H34FN5O2. The standard InChI is InChI=1S/C22H34FN5O2/c1-24-21(26-16-22(8-4-5-9-22)20(29)27(2)3)25-15-17-6-7-19(18(23)14-17)28-10-12-30-13-11-28/h6-7,14H,4-5,8-13,15-16H2,1-3H3,(H2,24,25,26). The van der Waals surface area contributed by atoms with Gasteiger partial charge in [0.1, 0.15) is 5.82 Å². The normalized spacial score (nSPS) is 18.9. The lowest BCUT2D eigenvalue weighted by Crippen LogP contribution is -2.49. The summed E-state index contributed by atoms with van der Waals surface area (Å²) in [5.74, 6) is 0.565. The van der Waals surface area contributed by atoms with Gasteiger partial charge in [0.25, 0.3) is 0 Å². The Balaban J connectivity index is 1.56. The van der Waals surface area contributed by atoms with E-state index >= 15 is 0 Å². The van der Waals surface area contributed by atoms with Crippen molar-refractivity contribution in [2.24, 2.45) is 10.4 Å². The average molecular weight is 420 g/mol. The second-order valence-electron chi connectivity index (χ2n) is 8.35. The van der Waals surface area contributed by atoms with Crippen LogP contribution in [0.1, 0.15) is 31.2 Å². The molecule has 2 aliphatic rings. The Labute approximate surface area is 178 Å². The zero-order valence-electron chi connectivity index (χ0n) is 18.3. The fourth-order valence-corrected chi connectivity index (χ4v) is 4.37. The van der Waals surface area contributed by atoms with E-state index in [4.69, 9.17) is 4.74 Å². The van der Waals surface area contributed by atoms with Crippen LogP contribution in [0.2, 0.25) is 0 Å². The molecule has 1 aliphatic heterocycles. The van der Waals surface area contributed by atoms with Gasteiger partial charge in [-0.15, -0.1) is 0 Å². The van der Waals surface area contributed by atoms with Crippen LogP contribution in [0.15, 0.2) is 23.2 Å². The number of ether oxygens (including phenoxy) is 1. The molecule has 30 heavy (non-hydrogen) atoms. The van der Waals surface area contributed by atoms with E-state index in [1.807, 2.05) is 31.1 Å². The van der Waals surface area contributed by atoms with Gasteiger partial charge < -0.3 is 25.2 Å². The van der Waals surface area contributed by atoms with Crippen molar-refractivity contribution in [1.29, 1.82) is 0 Å². The molecule has 0 spiro atoms. The molecule has 166 valence electrons. The first-order chi connectivity index (χ1) is 14.4. The van der Waals surface area contributed by atoms with E-state index in [2.05, 4.69) is 15.6 Å². The highest BCUT2D eigenvalue weighted by molar-refractivity contribution is 5.85. The van der Waals surface area contributed by atoms with Gasteiger partial charge in [0, 0.05) is 47.3 Å². The Morgan fingerprint density at radius 1 is 1.23 bits per heavy atom. The summed E-state index contributed by atoms with van der Waals surface area (Å²) < 4.78 is 19.9. The first-order valence-electron chi connectivity index (χ1n) is 10.7. The number of nitrogens with one attached hydrogen (secondary N) is 2. The molecule has 0 bridgehead atoms. The molecule has 2 N–H and O–H groups in total. The molecule has 1 aromatic carbocycles. The van der Waals surface area contributed by atoms with Crippen LogP contribution in [-0.2, 0) is 16.1 Å². The highest BCUT2D eigenvalue weighted by Gasteiger charge is 2.42. The maximum Gasteiger partial charge on any atom is 0.230 e. The minimum absolute atomic E-state index is 0.170. The molecule has 3 rings (SSSR count). The molecule has 0 atom stereocenters. The van der Waals surface area contributed by atoms with E-state index in [1.54, 1.807) is 18.0 Å². The van der Waals surface area contributed by atoms with Crippen LogP contribution in [0.4, 0.5) is 10.1 Å². The largest absolute Gasteiger partial charge is 0.378 e. The average Bonchev–Trinajstić information content (AvgIpc) is 3.24. The molecule has 0 aromatic heterocycles. The second-order valence-corrected chi connectivity index (χ2v) is 8.35. The monoisotopic (exact) mass is 419 g/mol. The maximum atomic E-state index is 14.6. The number of hydrogen-bond acceptors (Lipinski definition) is 4. The predicted molar refractivity (Wildman–Crippen MR) is 117 cm³/mol. The lowest BCUT2D eigenvalue weighted by Gasteiger charge is -2.31. The fraction of sp³-hybridized carbons (Fsp3) is 0.636. The van der Waals surface area contributed by atoms with Crippen LogP contribution in [0.3, 0.4) is 0 Å². The lowest BCUT2D eigenvalue weighted by atomic mass is 9.84. The molecular weight excluding hydrogens is 385 g/mol. The third kappa shape index (κ3) is 5.22. The first kappa shape index (κ1) is 22.3. The van der Waals surface area contributed by atoms with Gasteiger partial charge in [-0.25, -0.2) is 4.39 Å². The van der Waals surface area contributed by atoms with Gasteiger partial charge in [-0.1, -0.05) is 18.9 Å². The Morgan fingerprint density at radius 2 is 1.93 bits per heavy atom. The van der Waals surface area contributed by atoms with Crippen molar-refractivity contribution in [2.75, 3.05) is 58.9 Å². The zero-order chi connectivity index (χ0) is 21.6. The third-order valence-electron chi connectivity index (χ3n) is 6.06. The topological polar surface area (TPSA) is 69.2 Å². The SMILES string of the molecule is CN=C(NCc1ccc(N2CCOCC2)c(F)c1)NCC1(C(=O)N(C)C)CCCC1. The van der Waals surface area contributed by atoms with Crippen molar-refractivity contribution in [2.45, 2.75) is 32.2 Å². The number of halogens is 1. The highest BCUT2D eigenvalue weighted by atomic mass is 19.1. The van der Waals surface area contributed by atoms with Crippen LogP contribution in [0, 0.1) is 11.2 Å². The number of hydrogen-bond donors (Lipinski definition) is 2. The number of morpholine rings is 1. The summed E-state index contributed by atoms with van der Waals surface area (Å²) in [5.41, 5.74) is 1.09. The minimum Gasteiger partial charge on any atom is -0.378 e. The molecule has 1 saturated carbocycles. The van der Waals surface area contributed by atoms with E-state index in [1.165, 1.54) is 0 Å². The van der Waals surface area contributed by atoms with E-state index in [-0.39, 0.29) is 17.1 Å². The van der Waals surface area contributed by atoms with Gasteiger partial charge >= 0.3 is 0 Å². The van der Waals surface area contributed by atoms with Crippen molar-refractivity contribution in [3.8, 4) is 0 Å². The molecule has 7 nitrogen and oxygen atoms in total. The van der Waals surface area contributed by atoms with Gasteiger partial charge in [0.15, 0.2) is 5.96 Å². The smallest absolute Gasteiger partial charge is 0.230 e. The Bertz CT molecular complexity index is 756. The number of carbonyl (C=O) groups excluding carboxylic acids is 1. The van der Waals surface area contributed by atoms with E-state index < -0.39 is 0 Å². The number of carbonyl (C=O) groups is 1. The summed E-state index contributed by atoms with van der Waals surface area (Å²) in [6, 6.07) is 5.33. The number of guanidine groups is 1. The molecule has 2 fully saturated rings. The number of amides is 1. The highest BCUT2D eigenvalue weighted by Crippen LogP contribution is 2.38. The lowest BCUT2D eigenvalue weighted by molar-refractivity contribution is -0.138. The van der Waals surface area contributed by atoms with E-state index in [9.17, 15) is 9.18 Å². The minimum atomic E-state index is -0.368.